The highest BCUT2D eigenvalue weighted by molar-refractivity contribution is 6.05. The van der Waals surface area contributed by atoms with Gasteiger partial charge in [0, 0.05) is 0 Å². The second-order valence-electron chi connectivity index (χ2n) is 2.38. The molecular formula is C7H3O5Si3. The van der Waals surface area contributed by atoms with Crippen molar-refractivity contribution >= 4 is 37.4 Å². The molecule has 0 amide bonds. The minimum atomic E-state index is -1.14. The van der Waals surface area contributed by atoms with Crippen LogP contribution in [0.3, 0.4) is 0 Å². The van der Waals surface area contributed by atoms with E-state index in [9.17, 15) is 4.79 Å². The van der Waals surface area contributed by atoms with Crippen molar-refractivity contribution in [1.29, 1.82) is 0 Å². The number of rotatable bonds is 4. The van der Waals surface area contributed by atoms with Crippen molar-refractivity contribution in [1.82, 2.24) is 0 Å². The molecule has 0 spiro atoms. The van der Waals surface area contributed by atoms with Crippen LogP contribution in [-0.2, 0) is 0 Å². The first kappa shape index (κ1) is 11.8. The van der Waals surface area contributed by atoms with Crippen molar-refractivity contribution in [3.8, 4) is 17.2 Å². The van der Waals surface area contributed by atoms with Crippen molar-refractivity contribution < 1.29 is 23.2 Å². The van der Waals surface area contributed by atoms with E-state index in [4.69, 9.17) is 18.4 Å². The molecule has 0 heterocycles. The average Bonchev–Trinajstić information content (AvgIpc) is 2.26. The third-order valence-corrected chi connectivity index (χ3v) is 2.25. The molecule has 1 N–H and O–H groups in total. The lowest BCUT2D eigenvalue weighted by molar-refractivity contribution is 0.0694. The Kier molecular flexibility index (Phi) is 3.94. The van der Waals surface area contributed by atoms with Crippen LogP contribution in [0.5, 0.6) is 17.2 Å². The molecule has 0 aliphatic carbocycles. The molecule has 0 saturated carbocycles. The second-order valence-corrected chi connectivity index (χ2v) is 2.99. The van der Waals surface area contributed by atoms with E-state index in [2.05, 4.69) is 31.5 Å². The highest BCUT2D eigenvalue weighted by atomic mass is 28.2. The maximum atomic E-state index is 10.8. The largest absolute Gasteiger partial charge is 0.538 e. The van der Waals surface area contributed by atoms with Crippen LogP contribution in [0, 0.1) is 0 Å². The predicted molar refractivity (Wildman–Crippen MR) is 52.5 cm³/mol. The number of hydrogen-bond donors (Lipinski definition) is 1. The molecule has 0 saturated heterocycles. The Morgan fingerprint density at radius 3 is 2.07 bits per heavy atom. The number of carboxylic acid groups (broad SMARTS) is 1. The maximum Gasteiger partial charge on any atom is 0.341 e. The lowest BCUT2D eigenvalue weighted by Gasteiger charge is -2.14. The van der Waals surface area contributed by atoms with Gasteiger partial charge >= 0.3 is 37.4 Å². The summed E-state index contributed by atoms with van der Waals surface area (Å²) in [4.78, 5) is 10.8. The molecule has 0 unspecified atom stereocenters. The Bertz CT molecular complexity index is 381. The van der Waals surface area contributed by atoms with E-state index in [0.29, 0.717) is 0 Å². The van der Waals surface area contributed by atoms with Gasteiger partial charge in [0.2, 0.25) is 0 Å². The van der Waals surface area contributed by atoms with Gasteiger partial charge in [-0.15, -0.1) is 0 Å². The Hall–Kier alpha value is -1.26. The molecule has 1 aromatic rings. The highest BCUT2D eigenvalue weighted by Gasteiger charge is 2.19. The lowest BCUT2D eigenvalue weighted by Crippen LogP contribution is -2.04. The van der Waals surface area contributed by atoms with Gasteiger partial charge in [0.25, 0.3) is 0 Å². The van der Waals surface area contributed by atoms with Gasteiger partial charge in [-0.3, -0.25) is 0 Å². The molecule has 1 rings (SSSR count). The molecule has 15 heavy (non-hydrogen) atoms. The van der Waals surface area contributed by atoms with Crippen LogP contribution in [0.2, 0.25) is 0 Å². The molecular weight excluding hydrogens is 248 g/mol. The third-order valence-electron chi connectivity index (χ3n) is 1.62. The van der Waals surface area contributed by atoms with Crippen molar-refractivity contribution in [2.24, 2.45) is 0 Å². The van der Waals surface area contributed by atoms with Crippen molar-refractivity contribution in [3.05, 3.63) is 17.7 Å². The molecule has 8 heteroatoms. The van der Waals surface area contributed by atoms with Crippen LogP contribution in [0.1, 0.15) is 10.4 Å². The van der Waals surface area contributed by atoms with Crippen LogP contribution in [0.25, 0.3) is 0 Å². The fraction of sp³-hybridized carbons (Fsp3) is 0. The molecule has 0 fully saturated rings. The summed E-state index contributed by atoms with van der Waals surface area (Å²) in [7, 11) is 8.33. The van der Waals surface area contributed by atoms with Gasteiger partial charge in [-0.25, -0.2) is 4.79 Å². The number of carbonyl (C=O) groups is 1. The van der Waals surface area contributed by atoms with Gasteiger partial charge in [-0.2, -0.15) is 0 Å². The summed E-state index contributed by atoms with van der Waals surface area (Å²) in [5, 5.41) is 8.85. The Morgan fingerprint density at radius 2 is 1.67 bits per heavy atom. The Labute approximate surface area is 96.0 Å². The van der Waals surface area contributed by atoms with Crippen molar-refractivity contribution in [3.63, 3.8) is 0 Å². The van der Waals surface area contributed by atoms with Crippen LogP contribution < -0.4 is 13.3 Å². The quantitative estimate of drug-likeness (QED) is 0.749. The number of aromatic carboxylic acids is 1. The zero-order chi connectivity index (χ0) is 11.4. The molecule has 1 aromatic carbocycles. The number of benzene rings is 1. The maximum absolute atomic E-state index is 10.8. The van der Waals surface area contributed by atoms with E-state index in [-0.39, 0.29) is 22.8 Å². The van der Waals surface area contributed by atoms with E-state index >= 15 is 0 Å². The smallest absolute Gasteiger partial charge is 0.341 e. The fourth-order valence-corrected chi connectivity index (χ4v) is 1.55. The van der Waals surface area contributed by atoms with Gasteiger partial charge in [0.05, 0.1) is 0 Å². The highest BCUT2D eigenvalue weighted by Crippen LogP contribution is 2.39. The van der Waals surface area contributed by atoms with E-state index in [1.807, 2.05) is 0 Å². The van der Waals surface area contributed by atoms with Crippen LogP contribution >= 0.6 is 0 Å². The van der Waals surface area contributed by atoms with Crippen molar-refractivity contribution in [2.45, 2.75) is 0 Å². The van der Waals surface area contributed by atoms with Gasteiger partial charge in [0.15, 0.2) is 11.5 Å². The summed E-state index contributed by atoms with van der Waals surface area (Å²) in [6, 6.07) is 2.74. The molecule has 5 nitrogen and oxygen atoms in total. The van der Waals surface area contributed by atoms with E-state index in [1.165, 1.54) is 12.1 Å². The molecule has 0 bridgehead atoms. The van der Waals surface area contributed by atoms with E-state index in [0.717, 1.165) is 0 Å². The lowest BCUT2D eigenvalue weighted by atomic mass is 10.2. The SMILES string of the molecule is O=C(O)c1ccc(O[Si])c(O[Si])c1O[Si]. The summed E-state index contributed by atoms with van der Waals surface area (Å²) < 4.78 is 14.3. The average molecular weight is 251 g/mol. The molecule has 73 valence electrons. The summed E-state index contributed by atoms with van der Waals surface area (Å²) in [5.41, 5.74) is -0.0642. The van der Waals surface area contributed by atoms with Crippen LogP contribution in [0.15, 0.2) is 12.1 Å². The summed E-state index contributed by atoms with van der Waals surface area (Å²) >= 11 is 0. The predicted octanol–water partition coefficient (Wildman–Crippen LogP) is -0.228. The third kappa shape index (κ3) is 2.22. The zero-order valence-corrected chi connectivity index (χ0v) is 10.2. The molecule has 0 aliphatic rings. The van der Waals surface area contributed by atoms with Crippen LogP contribution in [0.4, 0.5) is 0 Å². The van der Waals surface area contributed by atoms with Gasteiger partial charge in [0.1, 0.15) is 11.3 Å². The van der Waals surface area contributed by atoms with Gasteiger partial charge in [-0.1, -0.05) is 0 Å². The van der Waals surface area contributed by atoms with Crippen LogP contribution in [-0.4, -0.2) is 42.5 Å². The fourth-order valence-electron chi connectivity index (χ4n) is 0.991. The Balaban J connectivity index is 3.40. The minimum Gasteiger partial charge on any atom is -0.538 e. The Morgan fingerprint density at radius 1 is 1.07 bits per heavy atom. The zero-order valence-electron chi connectivity index (χ0n) is 7.23. The molecule has 0 aromatic heterocycles. The normalized spacial score (nSPS) is 9.53. The molecule has 0 aliphatic heterocycles. The van der Waals surface area contributed by atoms with Gasteiger partial charge in [-0.05, 0) is 12.1 Å². The summed E-state index contributed by atoms with van der Waals surface area (Å²) in [6.07, 6.45) is 0. The second kappa shape index (κ2) is 5.00. The van der Waals surface area contributed by atoms with E-state index in [1.54, 1.807) is 0 Å². The topological polar surface area (TPSA) is 65.0 Å². The first-order valence-corrected chi connectivity index (χ1v) is 4.79. The van der Waals surface area contributed by atoms with Crippen molar-refractivity contribution in [2.75, 3.05) is 0 Å². The molecule has 0 atom stereocenters. The summed E-state index contributed by atoms with van der Waals surface area (Å²) in [6.45, 7) is 0. The standard InChI is InChI=1S/C7H3O5Si3/c8-7(9)3-1-2-4(10-13)6(12-15)5(3)11-14/h1-2H,(H,8,9). The van der Waals surface area contributed by atoms with E-state index < -0.39 is 5.97 Å². The monoisotopic (exact) mass is 251 g/mol. The number of hydrogen-bond acceptors (Lipinski definition) is 4. The number of carboxylic acids is 1. The first-order valence-electron chi connectivity index (χ1n) is 3.56. The molecule has 9 radical (unpaired) electrons. The first-order chi connectivity index (χ1) is 7.15. The summed E-state index contributed by atoms with van der Waals surface area (Å²) in [5.74, 6) is -0.796. The minimum absolute atomic E-state index is 0.00934. The van der Waals surface area contributed by atoms with Gasteiger partial charge < -0.3 is 18.4 Å².